The Morgan fingerprint density at radius 2 is 2.07 bits per heavy atom. The van der Waals surface area contributed by atoms with Gasteiger partial charge in [-0.15, -0.1) is 24.0 Å². The zero-order valence-electron chi connectivity index (χ0n) is 17.5. The summed E-state index contributed by atoms with van der Waals surface area (Å²) in [6.07, 6.45) is 1.52. The van der Waals surface area contributed by atoms with Crippen LogP contribution in [-0.2, 0) is 17.8 Å². The molecule has 1 unspecified atom stereocenters. The van der Waals surface area contributed by atoms with Crippen molar-refractivity contribution in [1.82, 2.24) is 15.5 Å². The second kappa shape index (κ2) is 12.0. The van der Waals surface area contributed by atoms with Crippen LogP contribution >= 0.6 is 24.0 Å². The van der Waals surface area contributed by atoms with E-state index in [1.54, 1.807) is 19.0 Å². The van der Waals surface area contributed by atoms with Crippen LogP contribution < -0.4 is 20.1 Å². The van der Waals surface area contributed by atoms with Gasteiger partial charge in [-0.2, -0.15) is 0 Å². The number of hydrogen-bond donors (Lipinski definition) is 2. The lowest BCUT2D eigenvalue weighted by Crippen LogP contribution is -2.39. The van der Waals surface area contributed by atoms with E-state index in [-0.39, 0.29) is 36.0 Å². The largest absolute Gasteiger partial charge is 0.494 e. The van der Waals surface area contributed by atoms with E-state index in [1.807, 2.05) is 19.9 Å². The molecule has 2 rings (SSSR count). The Labute approximate surface area is 185 Å². The molecule has 1 aromatic rings. The number of carbonyl (C=O) groups excluding carboxylic acids is 1. The van der Waals surface area contributed by atoms with Crippen LogP contribution in [0.1, 0.15) is 38.3 Å². The number of rotatable bonds is 8. The summed E-state index contributed by atoms with van der Waals surface area (Å²) in [5, 5.41) is 6.42. The molecule has 158 valence electrons. The Morgan fingerprint density at radius 3 is 2.71 bits per heavy atom. The van der Waals surface area contributed by atoms with Crippen LogP contribution in [-0.4, -0.2) is 56.7 Å². The first kappa shape index (κ1) is 24.3. The van der Waals surface area contributed by atoms with Crippen LogP contribution in [0.2, 0.25) is 0 Å². The van der Waals surface area contributed by atoms with Crippen LogP contribution in [0.4, 0.5) is 0 Å². The summed E-state index contributed by atoms with van der Waals surface area (Å²) in [6.45, 7) is 8.42. The molecule has 1 aromatic carbocycles. The first-order valence-corrected chi connectivity index (χ1v) is 9.62. The van der Waals surface area contributed by atoms with Gasteiger partial charge in [-0.05, 0) is 32.9 Å². The van der Waals surface area contributed by atoms with Gasteiger partial charge in [-0.25, -0.2) is 4.99 Å². The van der Waals surface area contributed by atoms with Crippen LogP contribution in [0.15, 0.2) is 17.1 Å². The van der Waals surface area contributed by atoms with Crippen LogP contribution in [0.3, 0.4) is 0 Å². The molecule has 0 saturated carbocycles. The number of aliphatic imine (C=N–C) groups is 1. The minimum atomic E-state index is 0. The van der Waals surface area contributed by atoms with E-state index < -0.39 is 0 Å². The van der Waals surface area contributed by atoms with Crippen molar-refractivity contribution >= 4 is 35.8 Å². The molecule has 0 aliphatic carbocycles. The van der Waals surface area contributed by atoms with Gasteiger partial charge in [0.05, 0.1) is 13.2 Å². The monoisotopic (exact) mass is 504 g/mol. The van der Waals surface area contributed by atoms with Gasteiger partial charge in [-0.1, -0.05) is 0 Å². The molecule has 7 nitrogen and oxygen atoms in total. The fourth-order valence-corrected chi connectivity index (χ4v) is 2.91. The number of nitrogens with zero attached hydrogens (tertiary/aromatic N) is 2. The van der Waals surface area contributed by atoms with Gasteiger partial charge in [0.15, 0.2) is 5.96 Å². The van der Waals surface area contributed by atoms with Crippen LogP contribution in [0, 0.1) is 0 Å². The standard InChI is InChI=1S/C20H32N4O3.HI/c1-6-21-20(22-9-8-19(25)24(4)5)23-13-16-12-18-15(10-14(3)27-18)11-17(16)26-7-2;/h11-12,14H,6-10,13H2,1-5H3,(H2,21,22,23);1H. The maximum Gasteiger partial charge on any atom is 0.223 e. The SMILES string of the molecule is CCNC(=NCc1cc2c(cc1OCC)CC(C)O2)NCCC(=O)N(C)C.I. The molecule has 28 heavy (non-hydrogen) atoms. The van der Waals surface area contributed by atoms with Crippen molar-refractivity contribution in [2.45, 2.75) is 46.3 Å². The van der Waals surface area contributed by atoms with E-state index in [1.165, 1.54) is 5.56 Å². The third kappa shape index (κ3) is 7.03. The Bertz CT molecular complexity index is 680. The van der Waals surface area contributed by atoms with E-state index >= 15 is 0 Å². The lowest BCUT2D eigenvalue weighted by molar-refractivity contribution is -0.128. The molecule has 1 heterocycles. The van der Waals surface area contributed by atoms with Crippen molar-refractivity contribution in [3.05, 3.63) is 23.3 Å². The van der Waals surface area contributed by atoms with Crippen molar-refractivity contribution in [1.29, 1.82) is 0 Å². The molecule has 2 N–H and O–H groups in total. The molecule has 1 aliphatic heterocycles. The highest BCUT2D eigenvalue weighted by Gasteiger charge is 2.21. The molecule has 1 amide bonds. The Hall–Kier alpha value is -1.71. The minimum absolute atomic E-state index is 0. The molecule has 1 atom stereocenters. The van der Waals surface area contributed by atoms with Crippen LogP contribution in [0.25, 0.3) is 0 Å². The van der Waals surface area contributed by atoms with E-state index in [0.717, 1.165) is 30.0 Å². The highest BCUT2D eigenvalue weighted by molar-refractivity contribution is 14.0. The zero-order chi connectivity index (χ0) is 19.8. The average Bonchev–Trinajstić information content (AvgIpc) is 2.98. The van der Waals surface area contributed by atoms with E-state index in [2.05, 4.69) is 28.6 Å². The summed E-state index contributed by atoms with van der Waals surface area (Å²) in [5.74, 6) is 2.55. The molecular formula is C20H33IN4O3. The number of carbonyl (C=O) groups is 1. The lowest BCUT2D eigenvalue weighted by Gasteiger charge is -2.14. The third-order valence-electron chi connectivity index (χ3n) is 4.26. The van der Waals surface area contributed by atoms with Crippen molar-refractivity contribution in [2.75, 3.05) is 33.8 Å². The Morgan fingerprint density at radius 1 is 1.32 bits per heavy atom. The molecule has 0 radical (unpaired) electrons. The number of nitrogens with one attached hydrogen (secondary N) is 2. The number of amides is 1. The minimum Gasteiger partial charge on any atom is -0.494 e. The predicted octanol–water partition coefficient (Wildman–Crippen LogP) is 2.56. The van der Waals surface area contributed by atoms with Gasteiger partial charge < -0.3 is 25.0 Å². The molecule has 0 saturated heterocycles. The molecule has 0 aromatic heterocycles. The molecule has 0 fully saturated rings. The smallest absolute Gasteiger partial charge is 0.223 e. The highest BCUT2D eigenvalue weighted by atomic mass is 127. The number of fused-ring (bicyclic) bond motifs is 1. The zero-order valence-corrected chi connectivity index (χ0v) is 19.8. The predicted molar refractivity (Wildman–Crippen MR) is 123 cm³/mol. The molecule has 1 aliphatic rings. The van der Waals surface area contributed by atoms with E-state index in [9.17, 15) is 4.79 Å². The number of halogens is 1. The summed E-state index contributed by atoms with van der Waals surface area (Å²) in [5.41, 5.74) is 2.18. The van der Waals surface area contributed by atoms with E-state index in [4.69, 9.17) is 9.47 Å². The van der Waals surface area contributed by atoms with Crippen molar-refractivity contribution in [3.63, 3.8) is 0 Å². The van der Waals surface area contributed by atoms with Gasteiger partial charge in [0.2, 0.25) is 5.91 Å². The number of hydrogen-bond acceptors (Lipinski definition) is 4. The van der Waals surface area contributed by atoms with Gasteiger partial charge in [-0.3, -0.25) is 4.79 Å². The first-order chi connectivity index (χ1) is 12.9. The average molecular weight is 504 g/mol. The Balaban J connectivity index is 0.00000392. The topological polar surface area (TPSA) is 75.2 Å². The molecule has 0 spiro atoms. The van der Waals surface area contributed by atoms with E-state index in [0.29, 0.717) is 32.1 Å². The van der Waals surface area contributed by atoms with Gasteiger partial charge in [0, 0.05) is 51.2 Å². The molecule has 8 heteroatoms. The second-order valence-electron chi connectivity index (χ2n) is 6.79. The van der Waals surface area contributed by atoms with Crippen LogP contribution in [0.5, 0.6) is 11.5 Å². The van der Waals surface area contributed by atoms with Gasteiger partial charge >= 0.3 is 0 Å². The number of ether oxygens (including phenoxy) is 2. The van der Waals surface area contributed by atoms with Crippen molar-refractivity contribution in [2.24, 2.45) is 4.99 Å². The number of guanidine groups is 1. The summed E-state index contributed by atoms with van der Waals surface area (Å²) in [6, 6.07) is 4.11. The summed E-state index contributed by atoms with van der Waals surface area (Å²) in [7, 11) is 3.52. The molecule has 0 bridgehead atoms. The Kier molecular flexibility index (Phi) is 10.4. The van der Waals surface area contributed by atoms with Crippen molar-refractivity contribution in [3.8, 4) is 11.5 Å². The number of benzene rings is 1. The quantitative estimate of drug-likeness (QED) is 0.324. The maximum absolute atomic E-state index is 11.7. The fraction of sp³-hybridized carbons (Fsp3) is 0.600. The lowest BCUT2D eigenvalue weighted by atomic mass is 10.1. The van der Waals surface area contributed by atoms with Gasteiger partial charge in [0.25, 0.3) is 0 Å². The highest BCUT2D eigenvalue weighted by Crippen LogP contribution is 2.35. The fourth-order valence-electron chi connectivity index (χ4n) is 2.91. The van der Waals surface area contributed by atoms with Crippen molar-refractivity contribution < 1.29 is 14.3 Å². The first-order valence-electron chi connectivity index (χ1n) is 9.62. The summed E-state index contributed by atoms with van der Waals surface area (Å²) < 4.78 is 11.7. The molecular weight excluding hydrogens is 471 g/mol. The second-order valence-corrected chi connectivity index (χ2v) is 6.79. The summed E-state index contributed by atoms with van der Waals surface area (Å²) in [4.78, 5) is 17.9. The normalized spacial score (nSPS) is 15.2. The van der Waals surface area contributed by atoms with Gasteiger partial charge in [0.1, 0.15) is 17.6 Å². The third-order valence-corrected chi connectivity index (χ3v) is 4.26. The summed E-state index contributed by atoms with van der Waals surface area (Å²) >= 11 is 0. The maximum atomic E-state index is 11.7.